The van der Waals surface area contributed by atoms with Crippen molar-refractivity contribution < 1.29 is 4.74 Å². The van der Waals surface area contributed by atoms with E-state index in [0.29, 0.717) is 6.10 Å². The first-order chi connectivity index (χ1) is 4.33. The lowest BCUT2D eigenvalue weighted by Crippen LogP contribution is -2.25. The second-order valence-electron chi connectivity index (χ2n) is 2.70. The summed E-state index contributed by atoms with van der Waals surface area (Å²) in [6.07, 6.45) is 4.07. The molecule has 0 bridgehead atoms. The first-order valence-electron chi connectivity index (χ1n) is 3.70. The molecule has 2 nitrogen and oxygen atoms in total. The van der Waals surface area contributed by atoms with Crippen molar-refractivity contribution in [2.75, 3.05) is 6.61 Å². The van der Waals surface area contributed by atoms with Crippen LogP contribution in [-0.4, -0.2) is 18.8 Å². The van der Waals surface area contributed by atoms with Crippen LogP contribution in [-0.2, 0) is 4.74 Å². The maximum atomic E-state index is 5.62. The zero-order chi connectivity index (χ0) is 6.69. The Morgan fingerprint density at radius 3 is 2.78 bits per heavy atom. The molecule has 1 fully saturated rings. The van der Waals surface area contributed by atoms with Crippen molar-refractivity contribution in [3.8, 4) is 0 Å². The third kappa shape index (κ3) is 2.82. The molecule has 1 unspecified atom stereocenters. The molecule has 0 spiro atoms. The van der Waals surface area contributed by atoms with Crippen molar-refractivity contribution in [2.24, 2.45) is 5.73 Å². The second kappa shape index (κ2) is 3.18. The standard InChI is InChI=1S/C7H15NO/c1-2-6(8)5-9-7-3-4-7/h6-7H,2-5,8H2,1H3. The lowest BCUT2D eigenvalue weighted by molar-refractivity contribution is 0.106. The Kier molecular flexibility index (Phi) is 2.49. The zero-order valence-corrected chi connectivity index (χ0v) is 5.97. The average molecular weight is 129 g/mol. The highest BCUT2D eigenvalue weighted by atomic mass is 16.5. The van der Waals surface area contributed by atoms with E-state index in [0.717, 1.165) is 13.0 Å². The Morgan fingerprint density at radius 1 is 1.67 bits per heavy atom. The van der Waals surface area contributed by atoms with E-state index >= 15 is 0 Å². The molecule has 1 aliphatic carbocycles. The van der Waals surface area contributed by atoms with E-state index < -0.39 is 0 Å². The van der Waals surface area contributed by atoms with Gasteiger partial charge in [-0.1, -0.05) is 6.92 Å². The number of hydrogen-bond donors (Lipinski definition) is 1. The van der Waals surface area contributed by atoms with Crippen molar-refractivity contribution in [3.63, 3.8) is 0 Å². The first-order valence-corrected chi connectivity index (χ1v) is 3.70. The summed E-state index contributed by atoms with van der Waals surface area (Å²) in [6.45, 7) is 2.84. The van der Waals surface area contributed by atoms with E-state index in [2.05, 4.69) is 6.92 Å². The molecular weight excluding hydrogens is 114 g/mol. The van der Waals surface area contributed by atoms with E-state index in [9.17, 15) is 0 Å². The van der Waals surface area contributed by atoms with Gasteiger partial charge in [0.25, 0.3) is 0 Å². The minimum Gasteiger partial charge on any atom is -0.377 e. The van der Waals surface area contributed by atoms with Crippen LogP contribution in [0, 0.1) is 0 Å². The fourth-order valence-corrected chi connectivity index (χ4v) is 0.612. The van der Waals surface area contributed by atoms with Gasteiger partial charge in [-0.15, -0.1) is 0 Å². The molecule has 1 saturated carbocycles. The third-order valence-electron chi connectivity index (χ3n) is 1.59. The van der Waals surface area contributed by atoms with Gasteiger partial charge in [0.05, 0.1) is 12.7 Å². The van der Waals surface area contributed by atoms with Gasteiger partial charge in [-0.3, -0.25) is 0 Å². The molecular formula is C7H15NO. The largest absolute Gasteiger partial charge is 0.377 e. The van der Waals surface area contributed by atoms with Crippen LogP contribution in [0.25, 0.3) is 0 Å². The molecule has 1 rings (SSSR count). The molecule has 0 aromatic carbocycles. The average Bonchev–Trinajstić information content (AvgIpc) is 2.65. The maximum Gasteiger partial charge on any atom is 0.0621 e. The van der Waals surface area contributed by atoms with Crippen molar-refractivity contribution in [1.82, 2.24) is 0 Å². The Bertz CT molecular complexity index is 81.0. The van der Waals surface area contributed by atoms with Crippen LogP contribution in [0.15, 0.2) is 0 Å². The van der Waals surface area contributed by atoms with Crippen molar-refractivity contribution >= 4 is 0 Å². The lowest BCUT2D eigenvalue weighted by atomic mass is 10.3. The van der Waals surface area contributed by atoms with Gasteiger partial charge in [0.2, 0.25) is 0 Å². The number of nitrogens with two attached hydrogens (primary N) is 1. The van der Waals surface area contributed by atoms with Crippen LogP contribution >= 0.6 is 0 Å². The minimum atomic E-state index is 0.255. The lowest BCUT2D eigenvalue weighted by Gasteiger charge is -2.07. The number of ether oxygens (including phenoxy) is 1. The van der Waals surface area contributed by atoms with E-state index in [-0.39, 0.29) is 6.04 Å². The third-order valence-corrected chi connectivity index (χ3v) is 1.59. The van der Waals surface area contributed by atoms with Gasteiger partial charge < -0.3 is 10.5 Å². The van der Waals surface area contributed by atoms with Crippen LogP contribution in [0.3, 0.4) is 0 Å². The predicted octanol–water partition coefficient (Wildman–Crippen LogP) is 0.903. The summed E-state index contributed by atoms with van der Waals surface area (Å²) in [5.41, 5.74) is 5.62. The summed E-state index contributed by atoms with van der Waals surface area (Å²) in [6, 6.07) is 0.255. The first kappa shape index (κ1) is 7.03. The van der Waals surface area contributed by atoms with E-state index in [1.807, 2.05) is 0 Å². The summed E-state index contributed by atoms with van der Waals surface area (Å²) in [4.78, 5) is 0. The minimum absolute atomic E-state index is 0.255. The summed E-state index contributed by atoms with van der Waals surface area (Å²) in [7, 11) is 0. The molecule has 2 N–H and O–H groups in total. The molecule has 0 aromatic rings. The van der Waals surface area contributed by atoms with Gasteiger partial charge in [0.1, 0.15) is 0 Å². The molecule has 0 heterocycles. The molecule has 1 aliphatic rings. The summed E-state index contributed by atoms with van der Waals surface area (Å²) in [5, 5.41) is 0. The smallest absolute Gasteiger partial charge is 0.0621 e. The molecule has 54 valence electrons. The van der Waals surface area contributed by atoms with Crippen LogP contribution in [0.5, 0.6) is 0 Å². The second-order valence-corrected chi connectivity index (χ2v) is 2.70. The van der Waals surface area contributed by atoms with Crippen LogP contribution in [0.2, 0.25) is 0 Å². The topological polar surface area (TPSA) is 35.2 Å². The SMILES string of the molecule is CCC(N)COC1CC1. The Morgan fingerprint density at radius 2 is 2.33 bits per heavy atom. The quantitative estimate of drug-likeness (QED) is 0.612. The van der Waals surface area contributed by atoms with Crippen molar-refractivity contribution in [2.45, 2.75) is 38.3 Å². The maximum absolute atomic E-state index is 5.62. The van der Waals surface area contributed by atoms with Gasteiger partial charge in [0, 0.05) is 6.04 Å². The van der Waals surface area contributed by atoms with Crippen molar-refractivity contribution in [1.29, 1.82) is 0 Å². The molecule has 1 atom stereocenters. The molecule has 0 aliphatic heterocycles. The summed E-state index contributed by atoms with van der Waals surface area (Å²) < 4.78 is 5.38. The highest BCUT2D eigenvalue weighted by Crippen LogP contribution is 2.23. The molecule has 0 amide bonds. The van der Waals surface area contributed by atoms with E-state index in [1.54, 1.807) is 0 Å². The van der Waals surface area contributed by atoms with E-state index in [1.165, 1.54) is 12.8 Å². The van der Waals surface area contributed by atoms with E-state index in [4.69, 9.17) is 10.5 Å². The number of hydrogen-bond acceptors (Lipinski definition) is 2. The van der Waals surface area contributed by atoms with Gasteiger partial charge in [-0.2, -0.15) is 0 Å². The molecule has 9 heavy (non-hydrogen) atoms. The van der Waals surface area contributed by atoms with Gasteiger partial charge in [-0.05, 0) is 19.3 Å². The van der Waals surface area contributed by atoms with Crippen LogP contribution < -0.4 is 5.73 Å². The molecule has 0 aromatic heterocycles. The van der Waals surface area contributed by atoms with Gasteiger partial charge in [-0.25, -0.2) is 0 Å². The molecule has 0 radical (unpaired) electrons. The monoisotopic (exact) mass is 129 g/mol. The summed E-state index contributed by atoms with van der Waals surface area (Å²) >= 11 is 0. The Labute approximate surface area is 56.4 Å². The normalized spacial score (nSPS) is 22.0. The highest BCUT2D eigenvalue weighted by molar-refractivity contribution is 4.74. The zero-order valence-electron chi connectivity index (χ0n) is 5.97. The predicted molar refractivity (Wildman–Crippen MR) is 37.2 cm³/mol. The van der Waals surface area contributed by atoms with Gasteiger partial charge >= 0.3 is 0 Å². The van der Waals surface area contributed by atoms with Crippen molar-refractivity contribution in [3.05, 3.63) is 0 Å². The fourth-order valence-electron chi connectivity index (χ4n) is 0.612. The Balaban J connectivity index is 1.90. The fraction of sp³-hybridized carbons (Fsp3) is 1.00. The highest BCUT2D eigenvalue weighted by Gasteiger charge is 2.22. The Hall–Kier alpha value is -0.0800. The van der Waals surface area contributed by atoms with Crippen LogP contribution in [0.1, 0.15) is 26.2 Å². The van der Waals surface area contributed by atoms with Crippen LogP contribution in [0.4, 0.5) is 0 Å². The summed E-state index contributed by atoms with van der Waals surface area (Å²) in [5.74, 6) is 0. The van der Waals surface area contributed by atoms with Gasteiger partial charge in [0.15, 0.2) is 0 Å². The molecule has 2 heteroatoms. The molecule has 0 saturated heterocycles. The number of rotatable bonds is 4.